The minimum absolute atomic E-state index is 0.00122. The Labute approximate surface area is 115 Å². The lowest BCUT2D eigenvalue weighted by Crippen LogP contribution is -2.53. The number of rotatable bonds is 0. The first-order chi connectivity index (χ1) is 8.91. The third kappa shape index (κ3) is 1.94. The smallest absolute Gasteiger partial charge is 0.173 e. The number of allylic oxidation sites excluding steroid dienone is 2. The highest BCUT2D eigenvalue weighted by atomic mass is 16.2. The van der Waals surface area contributed by atoms with E-state index in [2.05, 4.69) is 18.7 Å². The van der Waals surface area contributed by atoms with Gasteiger partial charge in [0.2, 0.25) is 0 Å². The molecule has 2 atom stereocenters. The van der Waals surface area contributed by atoms with Gasteiger partial charge in [0.1, 0.15) is 0 Å². The Morgan fingerprint density at radius 1 is 1.16 bits per heavy atom. The van der Waals surface area contributed by atoms with Gasteiger partial charge in [-0.1, -0.05) is 20.8 Å². The summed E-state index contributed by atoms with van der Waals surface area (Å²) in [6.07, 6.45) is 4.88. The summed E-state index contributed by atoms with van der Waals surface area (Å²) < 4.78 is 0. The molecule has 3 aliphatic rings. The van der Waals surface area contributed by atoms with Crippen molar-refractivity contribution >= 4 is 11.6 Å². The predicted octanol–water partition coefficient (Wildman–Crippen LogP) is 2.70. The van der Waals surface area contributed by atoms with Crippen molar-refractivity contribution in [3.05, 3.63) is 11.3 Å². The van der Waals surface area contributed by atoms with Crippen LogP contribution in [0.15, 0.2) is 11.3 Å². The molecule has 0 bridgehead atoms. The van der Waals surface area contributed by atoms with Crippen molar-refractivity contribution in [2.75, 3.05) is 6.54 Å². The molecule has 104 valence electrons. The lowest BCUT2D eigenvalue weighted by molar-refractivity contribution is -0.128. The van der Waals surface area contributed by atoms with Crippen LogP contribution in [0.25, 0.3) is 0 Å². The molecule has 2 aliphatic heterocycles. The van der Waals surface area contributed by atoms with Crippen LogP contribution in [0, 0.1) is 11.3 Å². The fourth-order valence-corrected chi connectivity index (χ4v) is 4.03. The number of hydrogen-bond donors (Lipinski definition) is 0. The van der Waals surface area contributed by atoms with Crippen LogP contribution in [-0.2, 0) is 9.59 Å². The molecule has 0 saturated carbocycles. The van der Waals surface area contributed by atoms with Gasteiger partial charge in [-0.3, -0.25) is 9.59 Å². The van der Waals surface area contributed by atoms with E-state index in [4.69, 9.17) is 0 Å². The topological polar surface area (TPSA) is 37.4 Å². The molecule has 0 N–H and O–H groups in total. The standard InChI is InChI=1S/C16H23NO2/c1-10-11-6-4-5-7-17(11)12-8-16(2,3)9-13(18)14(12)15(10)19/h10-11H,4-9H2,1-3H3/t10-,11+/m1/s1. The number of piperidine rings is 1. The zero-order chi connectivity index (χ0) is 13.8. The van der Waals surface area contributed by atoms with Gasteiger partial charge in [-0.05, 0) is 31.1 Å². The van der Waals surface area contributed by atoms with Crippen LogP contribution in [0.3, 0.4) is 0 Å². The Morgan fingerprint density at radius 3 is 2.63 bits per heavy atom. The molecule has 3 nitrogen and oxygen atoms in total. The summed E-state index contributed by atoms with van der Waals surface area (Å²) in [4.78, 5) is 27.3. The molecule has 1 aliphatic carbocycles. The lowest BCUT2D eigenvalue weighted by atomic mass is 9.69. The zero-order valence-electron chi connectivity index (χ0n) is 12.2. The Balaban J connectivity index is 2.08. The summed E-state index contributed by atoms with van der Waals surface area (Å²) in [6.45, 7) is 7.29. The molecule has 0 spiro atoms. The fraction of sp³-hybridized carbons (Fsp3) is 0.750. The van der Waals surface area contributed by atoms with Gasteiger partial charge in [0, 0.05) is 30.6 Å². The number of carbonyl (C=O) groups excluding carboxylic acids is 2. The van der Waals surface area contributed by atoms with Gasteiger partial charge < -0.3 is 4.90 Å². The summed E-state index contributed by atoms with van der Waals surface area (Å²) in [5.41, 5.74) is 1.61. The number of fused-ring (bicyclic) bond motifs is 2. The normalized spacial score (nSPS) is 34.2. The summed E-state index contributed by atoms with van der Waals surface area (Å²) >= 11 is 0. The van der Waals surface area contributed by atoms with Crippen molar-refractivity contribution in [1.82, 2.24) is 4.90 Å². The van der Waals surface area contributed by atoms with E-state index in [1.54, 1.807) is 0 Å². The van der Waals surface area contributed by atoms with E-state index in [9.17, 15) is 9.59 Å². The largest absolute Gasteiger partial charge is 0.370 e. The van der Waals surface area contributed by atoms with Gasteiger partial charge in [-0.15, -0.1) is 0 Å². The van der Waals surface area contributed by atoms with Crippen molar-refractivity contribution < 1.29 is 9.59 Å². The van der Waals surface area contributed by atoms with E-state index in [0.29, 0.717) is 18.0 Å². The first-order valence-electron chi connectivity index (χ1n) is 7.48. The zero-order valence-corrected chi connectivity index (χ0v) is 12.2. The van der Waals surface area contributed by atoms with E-state index in [0.717, 1.165) is 25.1 Å². The molecule has 2 heterocycles. The van der Waals surface area contributed by atoms with Crippen LogP contribution in [-0.4, -0.2) is 29.1 Å². The molecule has 3 heteroatoms. The fourth-order valence-electron chi connectivity index (χ4n) is 4.03. The molecule has 0 aromatic carbocycles. The molecule has 0 amide bonds. The molecule has 1 saturated heterocycles. The van der Waals surface area contributed by atoms with Crippen molar-refractivity contribution in [1.29, 1.82) is 0 Å². The molecule has 0 aromatic rings. The van der Waals surface area contributed by atoms with E-state index in [-0.39, 0.29) is 22.9 Å². The van der Waals surface area contributed by atoms with Crippen LogP contribution in [0.4, 0.5) is 0 Å². The molecule has 19 heavy (non-hydrogen) atoms. The van der Waals surface area contributed by atoms with Crippen molar-refractivity contribution in [2.45, 2.75) is 58.9 Å². The van der Waals surface area contributed by atoms with Gasteiger partial charge in [-0.2, -0.15) is 0 Å². The Morgan fingerprint density at radius 2 is 1.89 bits per heavy atom. The maximum absolute atomic E-state index is 12.5. The van der Waals surface area contributed by atoms with E-state index < -0.39 is 0 Å². The van der Waals surface area contributed by atoms with Gasteiger partial charge in [0.15, 0.2) is 11.6 Å². The first-order valence-corrected chi connectivity index (χ1v) is 7.48. The number of nitrogens with zero attached hydrogens (tertiary/aromatic N) is 1. The second kappa shape index (κ2) is 4.19. The predicted molar refractivity (Wildman–Crippen MR) is 73.6 cm³/mol. The quantitative estimate of drug-likeness (QED) is 0.629. The van der Waals surface area contributed by atoms with E-state index in [1.807, 2.05) is 6.92 Å². The Kier molecular flexibility index (Phi) is 2.84. The molecule has 0 aromatic heterocycles. The monoisotopic (exact) mass is 261 g/mol. The second-order valence-corrected chi connectivity index (χ2v) is 7.17. The molecule has 0 unspecified atom stereocenters. The van der Waals surface area contributed by atoms with Crippen molar-refractivity contribution in [2.24, 2.45) is 11.3 Å². The highest BCUT2D eigenvalue weighted by molar-refractivity contribution is 6.22. The van der Waals surface area contributed by atoms with E-state index >= 15 is 0 Å². The SMILES string of the molecule is C[C@H]1C(=O)C2=C(CC(C)(C)CC2=O)N2CCCC[C@@H]12. The number of carbonyl (C=O) groups is 2. The average molecular weight is 261 g/mol. The molecule has 1 fully saturated rings. The summed E-state index contributed by atoms with van der Waals surface area (Å²) in [7, 11) is 0. The van der Waals surface area contributed by atoms with Crippen LogP contribution in [0.2, 0.25) is 0 Å². The highest BCUT2D eigenvalue weighted by Gasteiger charge is 2.46. The van der Waals surface area contributed by atoms with E-state index in [1.165, 1.54) is 12.8 Å². The number of ketones is 2. The minimum Gasteiger partial charge on any atom is -0.370 e. The third-order valence-electron chi connectivity index (χ3n) is 4.99. The Bertz CT molecular complexity index is 475. The molecule has 0 radical (unpaired) electrons. The summed E-state index contributed by atoms with van der Waals surface area (Å²) in [5, 5.41) is 0. The second-order valence-electron chi connectivity index (χ2n) is 7.17. The van der Waals surface area contributed by atoms with Gasteiger partial charge in [-0.25, -0.2) is 0 Å². The minimum atomic E-state index is -0.00999. The van der Waals surface area contributed by atoms with Gasteiger partial charge >= 0.3 is 0 Å². The maximum Gasteiger partial charge on any atom is 0.173 e. The first kappa shape index (κ1) is 12.9. The van der Waals surface area contributed by atoms with Crippen LogP contribution in [0.5, 0.6) is 0 Å². The highest BCUT2D eigenvalue weighted by Crippen LogP contribution is 2.45. The number of Topliss-reactive ketones (excluding diaryl/α,β-unsaturated/α-hetero) is 2. The van der Waals surface area contributed by atoms with Crippen LogP contribution in [0.1, 0.15) is 52.9 Å². The number of hydrogen-bond acceptors (Lipinski definition) is 3. The lowest BCUT2D eigenvalue weighted by Gasteiger charge is -2.49. The molecule has 3 rings (SSSR count). The van der Waals surface area contributed by atoms with Crippen LogP contribution < -0.4 is 0 Å². The van der Waals surface area contributed by atoms with Crippen LogP contribution >= 0.6 is 0 Å². The van der Waals surface area contributed by atoms with Gasteiger partial charge in [0.05, 0.1) is 5.57 Å². The molecular formula is C16H23NO2. The summed E-state index contributed by atoms with van der Waals surface area (Å²) in [5.74, 6) is 0.176. The summed E-state index contributed by atoms with van der Waals surface area (Å²) in [6, 6.07) is 0.335. The maximum atomic E-state index is 12.5. The van der Waals surface area contributed by atoms with Crippen molar-refractivity contribution in [3.63, 3.8) is 0 Å². The Hall–Kier alpha value is -1.12. The molecular weight excluding hydrogens is 238 g/mol. The van der Waals surface area contributed by atoms with Gasteiger partial charge in [0.25, 0.3) is 0 Å². The van der Waals surface area contributed by atoms with Crippen molar-refractivity contribution in [3.8, 4) is 0 Å². The third-order valence-corrected chi connectivity index (χ3v) is 4.99. The average Bonchev–Trinajstić information content (AvgIpc) is 2.34.